The number of likely N-dealkylation sites (N-methyl/N-ethyl adjacent to an activating group) is 1. The first kappa shape index (κ1) is 17.6. The molecule has 126 valence electrons. The van der Waals surface area contributed by atoms with E-state index >= 15 is 0 Å². The number of halogens is 4. The predicted octanol–water partition coefficient (Wildman–Crippen LogP) is 2.57. The van der Waals surface area contributed by atoms with Crippen molar-refractivity contribution in [3.8, 4) is 11.8 Å². The summed E-state index contributed by atoms with van der Waals surface area (Å²) < 4.78 is 39.3. The molecular weight excluding hydrogens is 347 g/mol. The summed E-state index contributed by atoms with van der Waals surface area (Å²) in [5.74, 6) is -0.187. The number of rotatable bonds is 4. The number of hydrogen-bond acceptors (Lipinski definition) is 4. The second kappa shape index (κ2) is 6.80. The molecule has 0 atom stereocenters. The SMILES string of the molecule is CNC(=O)CNc1c(C#N)cnn1-c1ccc(C(F)(F)F)cc1Cl. The summed E-state index contributed by atoms with van der Waals surface area (Å²) in [6.45, 7) is -0.144. The van der Waals surface area contributed by atoms with Crippen LogP contribution in [0.1, 0.15) is 11.1 Å². The van der Waals surface area contributed by atoms with Crippen molar-refractivity contribution in [1.82, 2.24) is 15.1 Å². The average Bonchev–Trinajstić information content (AvgIpc) is 2.94. The Morgan fingerprint density at radius 2 is 2.17 bits per heavy atom. The third kappa shape index (κ3) is 3.60. The van der Waals surface area contributed by atoms with Crippen molar-refractivity contribution >= 4 is 23.3 Å². The van der Waals surface area contributed by atoms with Gasteiger partial charge in [-0.3, -0.25) is 4.79 Å². The van der Waals surface area contributed by atoms with Gasteiger partial charge < -0.3 is 10.6 Å². The number of carbonyl (C=O) groups excluding carboxylic acids is 1. The van der Waals surface area contributed by atoms with Crippen molar-refractivity contribution in [2.45, 2.75) is 6.18 Å². The fraction of sp³-hybridized carbons (Fsp3) is 0.214. The quantitative estimate of drug-likeness (QED) is 0.881. The van der Waals surface area contributed by atoms with Crippen molar-refractivity contribution < 1.29 is 18.0 Å². The summed E-state index contributed by atoms with van der Waals surface area (Å²) in [6.07, 6.45) is -3.30. The van der Waals surface area contributed by atoms with Crippen molar-refractivity contribution in [3.05, 3.63) is 40.5 Å². The topological polar surface area (TPSA) is 82.7 Å². The molecule has 0 aliphatic heterocycles. The Bertz CT molecular complexity index is 810. The fourth-order valence-corrected chi connectivity index (χ4v) is 2.15. The lowest BCUT2D eigenvalue weighted by Crippen LogP contribution is -2.27. The van der Waals surface area contributed by atoms with Crippen LogP contribution in [0.2, 0.25) is 5.02 Å². The molecule has 0 unspecified atom stereocenters. The number of carbonyl (C=O) groups is 1. The molecule has 6 nitrogen and oxygen atoms in total. The van der Waals surface area contributed by atoms with Crippen LogP contribution in [0.5, 0.6) is 0 Å². The van der Waals surface area contributed by atoms with Crippen LogP contribution in [0.3, 0.4) is 0 Å². The standard InChI is InChI=1S/C14H11ClF3N5O/c1-20-12(24)7-21-13-8(5-19)6-22-23(13)11-3-2-9(4-10(11)15)14(16,17)18/h2-4,6,21H,7H2,1H3,(H,20,24). The Balaban J connectivity index is 2.44. The highest BCUT2D eigenvalue weighted by Crippen LogP contribution is 2.34. The van der Waals surface area contributed by atoms with E-state index < -0.39 is 11.7 Å². The number of nitriles is 1. The summed E-state index contributed by atoms with van der Waals surface area (Å²) in [5.41, 5.74) is -0.635. The molecule has 0 bridgehead atoms. The monoisotopic (exact) mass is 357 g/mol. The Labute approximate surface area is 139 Å². The third-order valence-electron chi connectivity index (χ3n) is 3.09. The summed E-state index contributed by atoms with van der Waals surface area (Å²) in [4.78, 5) is 11.3. The largest absolute Gasteiger partial charge is 0.416 e. The lowest BCUT2D eigenvalue weighted by molar-refractivity contribution is -0.137. The predicted molar refractivity (Wildman–Crippen MR) is 80.8 cm³/mol. The van der Waals surface area contributed by atoms with Crippen LogP contribution in [0, 0.1) is 11.3 Å². The Morgan fingerprint density at radius 3 is 2.71 bits per heavy atom. The number of nitrogens with one attached hydrogen (secondary N) is 2. The molecule has 1 aromatic heterocycles. The molecule has 24 heavy (non-hydrogen) atoms. The van der Waals surface area contributed by atoms with Crippen LogP contribution < -0.4 is 10.6 Å². The number of anilines is 1. The number of aromatic nitrogens is 2. The molecule has 0 saturated carbocycles. The number of benzene rings is 1. The summed E-state index contributed by atoms with van der Waals surface area (Å²) in [5, 5.41) is 18.0. The van der Waals surface area contributed by atoms with Crippen molar-refractivity contribution in [1.29, 1.82) is 5.26 Å². The first-order valence-electron chi connectivity index (χ1n) is 6.57. The molecule has 2 rings (SSSR count). The Hall–Kier alpha value is -2.73. The van der Waals surface area contributed by atoms with Gasteiger partial charge in [0.05, 0.1) is 29.0 Å². The van der Waals surface area contributed by atoms with E-state index in [-0.39, 0.29) is 34.5 Å². The van der Waals surface area contributed by atoms with Gasteiger partial charge in [0.25, 0.3) is 0 Å². The Morgan fingerprint density at radius 1 is 1.46 bits per heavy atom. The Kier molecular flexibility index (Phi) is 4.99. The van der Waals surface area contributed by atoms with Crippen molar-refractivity contribution in [2.75, 3.05) is 18.9 Å². The maximum Gasteiger partial charge on any atom is 0.416 e. The molecule has 2 aromatic rings. The number of nitrogens with zero attached hydrogens (tertiary/aromatic N) is 3. The second-order valence-corrected chi connectivity index (χ2v) is 5.03. The minimum absolute atomic E-state index is 0.120. The minimum atomic E-state index is -4.52. The van der Waals surface area contributed by atoms with Gasteiger partial charge in [-0.25, -0.2) is 4.68 Å². The molecule has 0 radical (unpaired) electrons. The fourth-order valence-electron chi connectivity index (χ4n) is 1.89. The van der Waals surface area contributed by atoms with E-state index in [9.17, 15) is 18.0 Å². The first-order valence-corrected chi connectivity index (χ1v) is 6.95. The highest BCUT2D eigenvalue weighted by atomic mass is 35.5. The molecular formula is C14H11ClF3N5O. The van der Waals surface area contributed by atoms with Crippen LogP contribution in [0.25, 0.3) is 5.69 Å². The van der Waals surface area contributed by atoms with Crippen LogP contribution in [0.4, 0.5) is 19.0 Å². The lowest BCUT2D eigenvalue weighted by Gasteiger charge is -2.13. The summed E-state index contributed by atoms with van der Waals surface area (Å²) in [7, 11) is 1.44. The van der Waals surface area contributed by atoms with Crippen molar-refractivity contribution in [3.63, 3.8) is 0 Å². The van der Waals surface area contributed by atoms with Crippen LogP contribution in [-0.4, -0.2) is 29.3 Å². The molecule has 1 heterocycles. The van der Waals surface area contributed by atoms with Gasteiger partial charge in [-0.2, -0.15) is 23.5 Å². The maximum atomic E-state index is 12.7. The molecule has 2 N–H and O–H groups in total. The van der Waals surface area contributed by atoms with E-state index in [1.165, 1.54) is 17.9 Å². The normalized spacial score (nSPS) is 11.0. The van der Waals surface area contributed by atoms with Crippen LogP contribution in [0.15, 0.2) is 24.4 Å². The second-order valence-electron chi connectivity index (χ2n) is 4.62. The van der Waals surface area contributed by atoms with Gasteiger partial charge in [-0.05, 0) is 18.2 Å². The van der Waals surface area contributed by atoms with E-state index in [0.717, 1.165) is 18.2 Å². The average molecular weight is 358 g/mol. The number of alkyl halides is 3. The summed E-state index contributed by atoms with van der Waals surface area (Å²) in [6, 6.07) is 4.65. The highest BCUT2D eigenvalue weighted by molar-refractivity contribution is 6.32. The van der Waals surface area contributed by atoms with E-state index in [1.54, 1.807) is 0 Å². The van der Waals surface area contributed by atoms with Crippen LogP contribution >= 0.6 is 11.6 Å². The van der Waals surface area contributed by atoms with Crippen LogP contribution in [-0.2, 0) is 11.0 Å². The van der Waals surface area contributed by atoms with Gasteiger partial charge in [-0.15, -0.1) is 0 Å². The number of amides is 1. The van der Waals surface area contributed by atoms with Crippen molar-refractivity contribution in [2.24, 2.45) is 0 Å². The molecule has 0 fully saturated rings. The van der Waals surface area contributed by atoms with Gasteiger partial charge in [0.1, 0.15) is 17.5 Å². The van der Waals surface area contributed by atoms with E-state index in [4.69, 9.17) is 16.9 Å². The zero-order valence-corrected chi connectivity index (χ0v) is 13.0. The van der Waals surface area contributed by atoms with Gasteiger partial charge in [0.2, 0.25) is 5.91 Å². The minimum Gasteiger partial charge on any atom is -0.360 e. The molecule has 10 heteroatoms. The lowest BCUT2D eigenvalue weighted by atomic mass is 10.2. The first-order chi connectivity index (χ1) is 11.3. The van der Waals surface area contributed by atoms with Gasteiger partial charge >= 0.3 is 6.18 Å². The van der Waals surface area contributed by atoms with Gasteiger partial charge in [0, 0.05) is 7.05 Å². The number of hydrogen-bond donors (Lipinski definition) is 2. The smallest absolute Gasteiger partial charge is 0.360 e. The highest BCUT2D eigenvalue weighted by Gasteiger charge is 2.31. The molecule has 0 spiro atoms. The third-order valence-corrected chi connectivity index (χ3v) is 3.39. The van der Waals surface area contributed by atoms with E-state index in [0.29, 0.717) is 0 Å². The molecule has 1 amide bonds. The molecule has 0 aliphatic rings. The molecule has 1 aromatic carbocycles. The molecule has 0 aliphatic carbocycles. The summed E-state index contributed by atoms with van der Waals surface area (Å²) >= 11 is 5.93. The zero-order chi connectivity index (χ0) is 17.9. The van der Waals surface area contributed by atoms with E-state index in [2.05, 4.69) is 15.7 Å². The zero-order valence-electron chi connectivity index (χ0n) is 12.3. The maximum absolute atomic E-state index is 12.7. The van der Waals surface area contributed by atoms with Gasteiger partial charge in [0.15, 0.2) is 0 Å². The van der Waals surface area contributed by atoms with E-state index in [1.807, 2.05) is 6.07 Å². The molecule has 0 saturated heterocycles. The van der Waals surface area contributed by atoms with Gasteiger partial charge in [-0.1, -0.05) is 11.6 Å².